The second-order valence-corrected chi connectivity index (χ2v) is 6.42. The first-order chi connectivity index (χ1) is 9.25. The molecule has 3 rings (SSSR count). The zero-order valence-corrected chi connectivity index (χ0v) is 13.9. The van der Waals surface area contributed by atoms with E-state index in [1.165, 1.54) is 25.3 Å². The van der Waals surface area contributed by atoms with E-state index in [0.717, 1.165) is 37.7 Å². The summed E-state index contributed by atoms with van der Waals surface area (Å²) in [6.45, 7) is 4.18. The van der Waals surface area contributed by atoms with Crippen LogP contribution in [-0.4, -0.2) is 31.1 Å². The van der Waals surface area contributed by atoms with E-state index in [2.05, 4.69) is 32.2 Å². The van der Waals surface area contributed by atoms with Crippen molar-refractivity contribution >= 4 is 28.3 Å². The van der Waals surface area contributed by atoms with Gasteiger partial charge in [-0.1, -0.05) is 25.0 Å². The maximum atomic E-state index is 13.8. The lowest BCUT2D eigenvalue weighted by Crippen LogP contribution is -2.45. The molecule has 0 unspecified atom stereocenters. The van der Waals surface area contributed by atoms with Crippen LogP contribution in [0.2, 0.25) is 0 Å². The third-order valence-corrected chi connectivity index (χ3v) is 5.02. The Morgan fingerprint density at radius 2 is 2.00 bits per heavy atom. The maximum absolute atomic E-state index is 13.8. The van der Waals surface area contributed by atoms with Crippen molar-refractivity contribution in [2.75, 3.05) is 26.2 Å². The van der Waals surface area contributed by atoms with Crippen LogP contribution in [0.5, 0.6) is 0 Å². The number of halogens is 3. The molecule has 1 aliphatic carbocycles. The Morgan fingerprint density at radius 3 is 2.65 bits per heavy atom. The molecule has 0 spiro atoms. The number of benzene rings is 1. The summed E-state index contributed by atoms with van der Waals surface area (Å²) in [5.74, 6) is 0.698. The van der Waals surface area contributed by atoms with Gasteiger partial charge in [-0.15, -0.1) is 12.4 Å². The molecule has 2 nitrogen and oxygen atoms in total. The lowest BCUT2D eigenvalue weighted by atomic mass is 9.98. The number of nitrogens with zero attached hydrogens (tertiary/aromatic N) is 1. The number of hydrogen-bond donors (Lipinski definition) is 1. The molecule has 1 saturated heterocycles. The molecule has 0 bridgehead atoms. The smallest absolute Gasteiger partial charge is 0.137 e. The normalized spacial score (nSPS) is 21.3. The first kappa shape index (κ1) is 16.2. The minimum atomic E-state index is -0.145. The van der Waals surface area contributed by atoms with Crippen LogP contribution >= 0.6 is 28.3 Å². The van der Waals surface area contributed by atoms with E-state index in [0.29, 0.717) is 10.5 Å². The highest BCUT2D eigenvalue weighted by atomic mass is 79.9. The van der Waals surface area contributed by atoms with E-state index in [-0.39, 0.29) is 18.2 Å². The Bertz CT molecular complexity index is 447. The van der Waals surface area contributed by atoms with Gasteiger partial charge in [-0.3, -0.25) is 4.90 Å². The molecule has 1 aromatic carbocycles. The van der Waals surface area contributed by atoms with Gasteiger partial charge in [0, 0.05) is 32.2 Å². The Balaban J connectivity index is 0.00000147. The van der Waals surface area contributed by atoms with Crippen molar-refractivity contribution in [3.8, 4) is 0 Å². The van der Waals surface area contributed by atoms with Crippen molar-refractivity contribution in [3.63, 3.8) is 0 Å². The highest BCUT2D eigenvalue weighted by Crippen LogP contribution is 2.42. The van der Waals surface area contributed by atoms with E-state index < -0.39 is 0 Å². The van der Waals surface area contributed by atoms with Crippen molar-refractivity contribution in [2.45, 2.75) is 25.3 Å². The van der Waals surface area contributed by atoms with Gasteiger partial charge in [0.15, 0.2) is 0 Å². The summed E-state index contributed by atoms with van der Waals surface area (Å²) >= 11 is 3.44. The molecule has 1 atom stereocenters. The van der Waals surface area contributed by atoms with Crippen LogP contribution in [0.3, 0.4) is 0 Å². The number of nitrogens with one attached hydrogen (secondary N) is 1. The van der Waals surface area contributed by atoms with Crippen LogP contribution in [0.25, 0.3) is 0 Å². The van der Waals surface area contributed by atoms with Crippen molar-refractivity contribution in [2.24, 2.45) is 5.92 Å². The molecule has 0 aromatic heterocycles. The van der Waals surface area contributed by atoms with Gasteiger partial charge >= 0.3 is 0 Å². The molecule has 0 radical (unpaired) electrons. The lowest BCUT2D eigenvalue weighted by Gasteiger charge is -2.36. The standard InChI is InChI=1S/C15H20BrFN2.ClH/c16-15-12(2-1-3-13(15)17)14(10-11-4-5-11)19-8-6-18-7-9-19;/h1-3,11,14,18H,4-10H2;1H/t14-;/m0./s1. The molecule has 1 N–H and O–H groups in total. The fourth-order valence-electron chi connectivity index (χ4n) is 2.91. The second kappa shape index (κ2) is 7.21. The van der Waals surface area contributed by atoms with Crippen LogP contribution in [0.1, 0.15) is 30.9 Å². The predicted molar refractivity (Wildman–Crippen MR) is 85.9 cm³/mol. The Morgan fingerprint density at radius 1 is 1.30 bits per heavy atom. The molecule has 1 heterocycles. The molecule has 1 saturated carbocycles. The first-order valence-electron chi connectivity index (χ1n) is 7.14. The predicted octanol–water partition coefficient (Wildman–Crippen LogP) is 3.76. The summed E-state index contributed by atoms with van der Waals surface area (Å²) in [7, 11) is 0. The van der Waals surface area contributed by atoms with Crippen LogP contribution in [0.15, 0.2) is 22.7 Å². The van der Waals surface area contributed by atoms with E-state index in [1.54, 1.807) is 0 Å². The molecule has 20 heavy (non-hydrogen) atoms. The fourth-order valence-corrected chi connectivity index (χ4v) is 3.44. The number of piperazine rings is 1. The second-order valence-electron chi connectivity index (χ2n) is 5.62. The molecule has 1 aliphatic heterocycles. The van der Waals surface area contributed by atoms with Crippen LogP contribution in [0, 0.1) is 11.7 Å². The summed E-state index contributed by atoms with van der Waals surface area (Å²) in [5.41, 5.74) is 1.12. The van der Waals surface area contributed by atoms with Gasteiger partial charge in [0.2, 0.25) is 0 Å². The van der Waals surface area contributed by atoms with E-state index in [9.17, 15) is 4.39 Å². The highest BCUT2D eigenvalue weighted by molar-refractivity contribution is 9.10. The van der Waals surface area contributed by atoms with E-state index >= 15 is 0 Å². The first-order valence-corrected chi connectivity index (χ1v) is 7.93. The van der Waals surface area contributed by atoms with Crippen LogP contribution in [-0.2, 0) is 0 Å². The lowest BCUT2D eigenvalue weighted by molar-refractivity contribution is 0.159. The number of rotatable bonds is 4. The SMILES string of the molecule is Cl.Fc1cccc([C@H](CC2CC2)N2CCNCC2)c1Br. The van der Waals surface area contributed by atoms with E-state index in [4.69, 9.17) is 0 Å². The largest absolute Gasteiger partial charge is 0.314 e. The van der Waals surface area contributed by atoms with Crippen molar-refractivity contribution < 1.29 is 4.39 Å². The summed E-state index contributed by atoms with van der Waals surface area (Å²) in [5, 5.41) is 3.39. The molecule has 5 heteroatoms. The third-order valence-electron chi connectivity index (χ3n) is 4.19. The molecule has 0 amide bonds. The summed E-state index contributed by atoms with van der Waals surface area (Å²) < 4.78 is 14.4. The monoisotopic (exact) mass is 362 g/mol. The molecule has 112 valence electrons. The summed E-state index contributed by atoms with van der Waals surface area (Å²) in [6.07, 6.45) is 3.85. The fraction of sp³-hybridized carbons (Fsp3) is 0.600. The van der Waals surface area contributed by atoms with Gasteiger partial charge in [-0.05, 0) is 39.9 Å². The van der Waals surface area contributed by atoms with Gasteiger partial charge in [-0.25, -0.2) is 4.39 Å². The Kier molecular flexibility index (Phi) is 5.84. The minimum absolute atomic E-state index is 0. The van der Waals surface area contributed by atoms with Crippen molar-refractivity contribution in [1.29, 1.82) is 0 Å². The van der Waals surface area contributed by atoms with Gasteiger partial charge < -0.3 is 5.32 Å². The van der Waals surface area contributed by atoms with Gasteiger partial charge in [0.25, 0.3) is 0 Å². The van der Waals surface area contributed by atoms with Gasteiger partial charge in [0.1, 0.15) is 5.82 Å². The minimum Gasteiger partial charge on any atom is -0.314 e. The average molecular weight is 364 g/mol. The maximum Gasteiger partial charge on any atom is 0.137 e. The molecule has 1 aromatic rings. The third kappa shape index (κ3) is 3.73. The molecular formula is C15H21BrClFN2. The zero-order valence-electron chi connectivity index (χ0n) is 11.4. The summed E-state index contributed by atoms with van der Waals surface area (Å²) in [4.78, 5) is 2.51. The highest BCUT2D eigenvalue weighted by Gasteiger charge is 2.31. The van der Waals surface area contributed by atoms with Crippen molar-refractivity contribution in [1.82, 2.24) is 10.2 Å². The van der Waals surface area contributed by atoms with Crippen molar-refractivity contribution in [3.05, 3.63) is 34.1 Å². The zero-order chi connectivity index (χ0) is 13.2. The Labute approximate surface area is 134 Å². The topological polar surface area (TPSA) is 15.3 Å². The quantitative estimate of drug-likeness (QED) is 0.876. The average Bonchev–Trinajstić information content (AvgIpc) is 3.25. The Hall–Kier alpha value is -0.160. The number of hydrogen-bond acceptors (Lipinski definition) is 2. The molecule has 2 aliphatic rings. The molecular weight excluding hydrogens is 343 g/mol. The summed E-state index contributed by atoms with van der Waals surface area (Å²) in [6, 6.07) is 5.79. The van der Waals surface area contributed by atoms with Gasteiger partial charge in [-0.2, -0.15) is 0 Å². The van der Waals surface area contributed by atoms with Gasteiger partial charge in [0.05, 0.1) is 4.47 Å². The van der Waals surface area contributed by atoms with Crippen LogP contribution < -0.4 is 5.32 Å². The van der Waals surface area contributed by atoms with Crippen LogP contribution in [0.4, 0.5) is 4.39 Å². The molecule has 2 fully saturated rings. The van der Waals surface area contributed by atoms with E-state index in [1.807, 2.05) is 6.07 Å².